The second kappa shape index (κ2) is 6.60. The van der Waals surface area contributed by atoms with Crippen LogP contribution in [0.5, 0.6) is 5.75 Å². The van der Waals surface area contributed by atoms with Gasteiger partial charge in [0.25, 0.3) is 0 Å². The summed E-state index contributed by atoms with van der Waals surface area (Å²) in [4.78, 5) is 11.9. The molecule has 0 spiro atoms. The Hall–Kier alpha value is -2.70. The zero-order valence-corrected chi connectivity index (χ0v) is 12.5. The third-order valence-electron chi connectivity index (χ3n) is 3.16. The third-order valence-corrected chi connectivity index (χ3v) is 3.16. The maximum Gasteiger partial charge on any atom is 0.418 e. The lowest BCUT2D eigenvalue weighted by Crippen LogP contribution is -2.22. The number of halogens is 3. The van der Waals surface area contributed by atoms with Crippen LogP contribution in [0.1, 0.15) is 11.1 Å². The molecule has 0 unspecified atom stereocenters. The summed E-state index contributed by atoms with van der Waals surface area (Å²) in [5, 5.41) is 4.74. The van der Waals surface area contributed by atoms with Crippen LogP contribution in [-0.2, 0) is 6.18 Å². The number of benzene rings is 2. The molecule has 2 N–H and O–H groups in total. The number of hydrogen-bond donors (Lipinski definition) is 2. The Morgan fingerprint density at radius 3 is 2.30 bits per heavy atom. The predicted octanol–water partition coefficient (Wildman–Crippen LogP) is 4.67. The molecule has 7 heteroatoms. The number of methoxy groups -OCH3 is 1. The second-order valence-electron chi connectivity index (χ2n) is 4.80. The summed E-state index contributed by atoms with van der Waals surface area (Å²) < 4.78 is 43.7. The number of aryl methyl sites for hydroxylation is 1. The molecule has 0 bridgehead atoms. The van der Waals surface area contributed by atoms with Gasteiger partial charge in [0.05, 0.1) is 18.4 Å². The van der Waals surface area contributed by atoms with E-state index < -0.39 is 17.8 Å². The van der Waals surface area contributed by atoms with Crippen LogP contribution in [0.15, 0.2) is 42.5 Å². The van der Waals surface area contributed by atoms with E-state index in [1.807, 2.05) is 0 Å². The van der Waals surface area contributed by atoms with Crippen molar-refractivity contribution in [2.75, 3.05) is 17.7 Å². The molecule has 0 aliphatic heterocycles. The van der Waals surface area contributed by atoms with Gasteiger partial charge in [-0.1, -0.05) is 12.1 Å². The molecule has 2 aromatic carbocycles. The highest BCUT2D eigenvalue weighted by Gasteiger charge is 2.33. The molecule has 122 valence electrons. The number of anilines is 2. The van der Waals surface area contributed by atoms with Gasteiger partial charge in [-0.05, 0) is 42.8 Å². The Kier molecular flexibility index (Phi) is 4.78. The van der Waals surface area contributed by atoms with Crippen LogP contribution < -0.4 is 15.4 Å². The van der Waals surface area contributed by atoms with E-state index in [0.717, 1.165) is 11.6 Å². The van der Waals surface area contributed by atoms with Crippen molar-refractivity contribution >= 4 is 17.4 Å². The van der Waals surface area contributed by atoms with Crippen molar-refractivity contribution in [3.8, 4) is 5.75 Å². The Labute approximate surface area is 131 Å². The molecule has 0 saturated carbocycles. The first-order chi connectivity index (χ1) is 10.8. The molecule has 4 nitrogen and oxygen atoms in total. The molecule has 0 atom stereocenters. The fourth-order valence-corrected chi connectivity index (χ4v) is 2.02. The minimum absolute atomic E-state index is 0.302. The monoisotopic (exact) mass is 324 g/mol. The number of alkyl halides is 3. The summed E-state index contributed by atoms with van der Waals surface area (Å²) in [6.45, 7) is 1.75. The van der Waals surface area contributed by atoms with E-state index in [2.05, 4.69) is 10.6 Å². The Bertz CT molecular complexity index is 715. The topological polar surface area (TPSA) is 50.4 Å². The SMILES string of the molecule is COc1ccc(NC(=O)Nc2ccccc2C(F)(F)F)c(C)c1. The number of nitrogens with one attached hydrogen (secondary N) is 2. The smallest absolute Gasteiger partial charge is 0.418 e. The van der Waals surface area contributed by atoms with Crippen LogP contribution in [-0.4, -0.2) is 13.1 Å². The van der Waals surface area contributed by atoms with E-state index in [9.17, 15) is 18.0 Å². The van der Waals surface area contributed by atoms with Crippen molar-refractivity contribution in [3.63, 3.8) is 0 Å². The summed E-state index contributed by atoms with van der Waals surface area (Å²) in [7, 11) is 1.52. The van der Waals surface area contributed by atoms with Gasteiger partial charge in [0.15, 0.2) is 0 Å². The van der Waals surface area contributed by atoms with Gasteiger partial charge in [-0.2, -0.15) is 13.2 Å². The van der Waals surface area contributed by atoms with Gasteiger partial charge < -0.3 is 15.4 Å². The van der Waals surface area contributed by atoms with E-state index in [0.29, 0.717) is 11.4 Å². The fourth-order valence-electron chi connectivity index (χ4n) is 2.02. The van der Waals surface area contributed by atoms with Crippen LogP contribution in [0.3, 0.4) is 0 Å². The third kappa shape index (κ3) is 4.15. The van der Waals surface area contributed by atoms with Gasteiger partial charge in [0, 0.05) is 5.69 Å². The van der Waals surface area contributed by atoms with Crippen LogP contribution in [0.2, 0.25) is 0 Å². The lowest BCUT2D eigenvalue weighted by molar-refractivity contribution is -0.136. The molecule has 0 radical (unpaired) electrons. The maximum atomic E-state index is 12.9. The van der Waals surface area contributed by atoms with Gasteiger partial charge in [-0.3, -0.25) is 0 Å². The van der Waals surface area contributed by atoms with Crippen molar-refractivity contribution in [2.24, 2.45) is 0 Å². The molecule has 0 aliphatic carbocycles. The highest BCUT2D eigenvalue weighted by molar-refractivity contribution is 6.00. The number of urea groups is 1. The molecule has 0 saturated heterocycles. The average Bonchev–Trinajstić information content (AvgIpc) is 2.48. The first-order valence-electron chi connectivity index (χ1n) is 6.70. The number of carbonyl (C=O) groups is 1. The van der Waals surface area contributed by atoms with E-state index in [1.54, 1.807) is 25.1 Å². The van der Waals surface area contributed by atoms with E-state index in [1.165, 1.54) is 25.3 Å². The first-order valence-corrected chi connectivity index (χ1v) is 6.70. The van der Waals surface area contributed by atoms with E-state index in [4.69, 9.17) is 4.74 Å². The standard InChI is InChI=1S/C16H15F3N2O2/c1-10-9-11(23-2)7-8-13(10)20-15(22)21-14-6-4-3-5-12(14)16(17,18)19/h3-9H,1-2H3,(H2,20,21,22). The average molecular weight is 324 g/mol. The Morgan fingerprint density at radius 1 is 1.04 bits per heavy atom. The molecular weight excluding hydrogens is 309 g/mol. The fraction of sp³-hybridized carbons (Fsp3) is 0.188. The van der Waals surface area contributed by atoms with Crippen molar-refractivity contribution in [3.05, 3.63) is 53.6 Å². The van der Waals surface area contributed by atoms with Crippen molar-refractivity contribution < 1.29 is 22.7 Å². The molecule has 0 aromatic heterocycles. The predicted molar refractivity (Wildman–Crippen MR) is 81.8 cm³/mol. The molecule has 2 rings (SSSR count). The Balaban J connectivity index is 2.15. The van der Waals surface area contributed by atoms with Crippen LogP contribution >= 0.6 is 0 Å². The molecule has 2 aromatic rings. The number of para-hydroxylation sites is 1. The minimum atomic E-state index is -4.54. The molecule has 0 aliphatic rings. The van der Waals surface area contributed by atoms with Crippen LogP contribution in [0, 0.1) is 6.92 Å². The van der Waals surface area contributed by atoms with E-state index >= 15 is 0 Å². The zero-order valence-electron chi connectivity index (χ0n) is 12.5. The number of amides is 2. The van der Waals surface area contributed by atoms with Gasteiger partial charge >= 0.3 is 12.2 Å². The zero-order chi connectivity index (χ0) is 17.0. The minimum Gasteiger partial charge on any atom is -0.497 e. The van der Waals surface area contributed by atoms with Crippen molar-refractivity contribution in [1.82, 2.24) is 0 Å². The van der Waals surface area contributed by atoms with Crippen molar-refractivity contribution in [2.45, 2.75) is 13.1 Å². The number of ether oxygens (including phenoxy) is 1. The summed E-state index contributed by atoms with van der Waals surface area (Å²) in [5.41, 5.74) is 0.00154. The molecule has 0 heterocycles. The first kappa shape index (κ1) is 16.7. The van der Waals surface area contributed by atoms with E-state index in [-0.39, 0.29) is 5.69 Å². The number of carbonyl (C=O) groups excluding carboxylic acids is 1. The summed E-state index contributed by atoms with van der Waals surface area (Å²) in [5.74, 6) is 0.621. The number of hydrogen-bond acceptors (Lipinski definition) is 2. The summed E-state index contributed by atoms with van der Waals surface area (Å²) >= 11 is 0. The maximum absolute atomic E-state index is 12.9. The van der Waals surface area contributed by atoms with Crippen LogP contribution in [0.4, 0.5) is 29.3 Å². The van der Waals surface area contributed by atoms with Gasteiger partial charge in [0.1, 0.15) is 5.75 Å². The second-order valence-corrected chi connectivity index (χ2v) is 4.80. The van der Waals surface area contributed by atoms with Crippen LogP contribution in [0.25, 0.3) is 0 Å². The molecule has 23 heavy (non-hydrogen) atoms. The highest BCUT2D eigenvalue weighted by Crippen LogP contribution is 2.34. The van der Waals surface area contributed by atoms with Crippen molar-refractivity contribution in [1.29, 1.82) is 0 Å². The van der Waals surface area contributed by atoms with Gasteiger partial charge in [-0.25, -0.2) is 4.79 Å². The highest BCUT2D eigenvalue weighted by atomic mass is 19.4. The molecule has 2 amide bonds. The lowest BCUT2D eigenvalue weighted by atomic mass is 10.1. The molecular formula is C16H15F3N2O2. The quantitative estimate of drug-likeness (QED) is 0.862. The summed E-state index contributed by atoms with van der Waals surface area (Å²) in [6, 6.07) is 9.00. The number of rotatable bonds is 3. The van der Waals surface area contributed by atoms with Gasteiger partial charge in [0.2, 0.25) is 0 Å². The normalized spacial score (nSPS) is 11.0. The van der Waals surface area contributed by atoms with Gasteiger partial charge in [-0.15, -0.1) is 0 Å². The summed E-state index contributed by atoms with van der Waals surface area (Å²) in [6.07, 6.45) is -4.54. The Morgan fingerprint density at radius 2 is 1.70 bits per heavy atom. The molecule has 0 fully saturated rings. The largest absolute Gasteiger partial charge is 0.497 e. The lowest BCUT2D eigenvalue weighted by Gasteiger charge is -2.15.